The van der Waals surface area contributed by atoms with Crippen LogP contribution in [-0.4, -0.2) is 19.7 Å². The number of ether oxygens (including phenoxy) is 1. The third-order valence-electron chi connectivity index (χ3n) is 3.68. The maximum absolute atomic E-state index is 6.18. The van der Waals surface area contributed by atoms with Gasteiger partial charge in [0.15, 0.2) is 5.65 Å². The fourth-order valence-electron chi connectivity index (χ4n) is 2.51. The first kappa shape index (κ1) is 15.9. The van der Waals surface area contributed by atoms with Crippen LogP contribution in [0.1, 0.15) is 5.56 Å². The van der Waals surface area contributed by atoms with Gasteiger partial charge in [0.1, 0.15) is 17.5 Å². The zero-order chi connectivity index (χ0) is 17.4. The molecule has 0 amide bonds. The summed E-state index contributed by atoms with van der Waals surface area (Å²) in [4.78, 5) is 8.55. The molecule has 2 heterocycles. The molecule has 0 atom stereocenters. The van der Waals surface area contributed by atoms with Gasteiger partial charge in [0, 0.05) is 5.02 Å². The lowest BCUT2D eigenvalue weighted by Crippen LogP contribution is -1.98. The number of halogens is 2. The Kier molecular flexibility index (Phi) is 4.03. The molecule has 7 heteroatoms. The molecule has 0 spiro atoms. The molecule has 25 heavy (non-hydrogen) atoms. The Hall–Kier alpha value is -2.63. The van der Waals surface area contributed by atoms with Gasteiger partial charge in [-0.15, -0.1) is 0 Å². The van der Waals surface area contributed by atoms with Crippen LogP contribution < -0.4 is 4.74 Å². The van der Waals surface area contributed by atoms with Gasteiger partial charge in [-0.3, -0.25) is 0 Å². The first-order valence-electron chi connectivity index (χ1n) is 7.50. The quantitative estimate of drug-likeness (QED) is 0.495. The maximum Gasteiger partial charge on any atom is 0.233 e. The van der Waals surface area contributed by atoms with Crippen molar-refractivity contribution in [3.63, 3.8) is 0 Å². The summed E-state index contributed by atoms with van der Waals surface area (Å²) in [5.41, 5.74) is 2.71. The van der Waals surface area contributed by atoms with E-state index in [1.54, 1.807) is 29.1 Å². The molecule has 0 aliphatic heterocycles. The van der Waals surface area contributed by atoms with Crippen molar-refractivity contribution in [3.8, 4) is 17.3 Å². The van der Waals surface area contributed by atoms with Crippen LogP contribution in [0.4, 0.5) is 0 Å². The molecule has 0 saturated heterocycles. The number of fused-ring (bicyclic) bond motifs is 1. The fraction of sp³-hybridized carbons (Fsp3) is 0.0556. The minimum atomic E-state index is 0.383. The van der Waals surface area contributed by atoms with Crippen molar-refractivity contribution < 1.29 is 4.74 Å². The molecule has 0 bridgehead atoms. The number of nitrogens with zero attached hydrogens (tertiary/aromatic N) is 4. The molecule has 2 aromatic heterocycles. The van der Waals surface area contributed by atoms with E-state index in [0.717, 1.165) is 11.3 Å². The van der Waals surface area contributed by atoms with Gasteiger partial charge in [-0.1, -0.05) is 35.3 Å². The molecule has 0 saturated carbocycles. The molecule has 5 nitrogen and oxygen atoms in total. The summed E-state index contributed by atoms with van der Waals surface area (Å²) in [6.07, 6.45) is 3.12. The molecule has 0 radical (unpaired) electrons. The standard InChI is InChI=1S/C18H12Cl2N4O/c1-11-3-2-4-13(7-11)24-17-14(9-23-24)18(22-10-21-17)25-16-6-5-12(19)8-15(16)20/h2-10H,1H3. The molecular weight excluding hydrogens is 359 g/mol. The topological polar surface area (TPSA) is 52.8 Å². The van der Waals surface area contributed by atoms with Crippen molar-refractivity contribution in [1.29, 1.82) is 0 Å². The normalized spacial score (nSPS) is 11.0. The van der Waals surface area contributed by atoms with Gasteiger partial charge in [0.2, 0.25) is 5.88 Å². The van der Waals surface area contributed by atoms with Crippen LogP contribution in [0.3, 0.4) is 0 Å². The average molecular weight is 371 g/mol. The highest BCUT2D eigenvalue weighted by Crippen LogP contribution is 2.33. The molecule has 0 N–H and O–H groups in total. The van der Waals surface area contributed by atoms with E-state index in [0.29, 0.717) is 32.7 Å². The summed E-state index contributed by atoms with van der Waals surface area (Å²) >= 11 is 12.1. The first-order valence-corrected chi connectivity index (χ1v) is 8.26. The van der Waals surface area contributed by atoms with Crippen LogP contribution in [0.25, 0.3) is 16.7 Å². The van der Waals surface area contributed by atoms with E-state index in [2.05, 4.69) is 15.1 Å². The number of hydrogen-bond donors (Lipinski definition) is 0. The van der Waals surface area contributed by atoms with Crippen molar-refractivity contribution >= 4 is 34.2 Å². The first-order chi connectivity index (χ1) is 12.1. The van der Waals surface area contributed by atoms with Gasteiger partial charge >= 0.3 is 0 Å². The summed E-state index contributed by atoms with van der Waals surface area (Å²) in [5, 5.41) is 6.06. The van der Waals surface area contributed by atoms with Gasteiger partial charge in [0.25, 0.3) is 0 Å². The molecule has 4 aromatic rings. The third kappa shape index (κ3) is 3.04. The van der Waals surface area contributed by atoms with Crippen LogP contribution >= 0.6 is 23.2 Å². The molecule has 2 aromatic carbocycles. The molecule has 0 aliphatic carbocycles. The van der Waals surface area contributed by atoms with E-state index in [1.165, 1.54) is 6.33 Å². The highest BCUT2D eigenvalue weighted by atomic mass is 35.5. The van der Waals surface area contributed by atoms with Crippen LogP contribution in [0.5, 0.6) is 11.6 Å². The van der Waals surface area contributed by atoms with Crippen molar-refractivity contribution in [2.75, 3.05) is 0 Å². The number of rotatable bonds is 3. The van der Waals surface area contributed by atoms with Gasteiger partial charge in [-0.25, -0.2) is 14.6 Å². The minimum absolute atomic E-state index is 0.383. The second-order valence-electron chi connectivity index (χ2n) is 5.49. The SMILES string of the molecule is Cc1cccc(-n2ncc3c(Oc4ccc(Cl)cc4Cl)ncnc32)c1. The summed E-state index contributed by atoms with van der Waals surface area (Å²) in [6, 6.07) is 13.0. The van der Waals surface area contributed by atoms with Crippen LogP contribution in [0.2, 0.25) is 10.0 Å². The Labute approximate surface area is 153 Å². The predicted molar refractivity (Wildman–Crippen MR) is 97.9 cm³/mol. The minimum Gasteiger partial charge on any atom is -0.437 e. The zero-order valence-corrected chi connectivity index (χ0v) is 14.7. The Bertz CT molecular complexity index is 1080. The molecule has 4 rings (SSSR count). The zero-order valence-electron chi connectivity index (χ0n) is 13.1. The smallest absolute Gasteiger partial charge is 0.233 e. The monoisotopic (exact) mass is 370 g/mol. The van der Waals surface area contributed by atoms with E-state index in [4.69, 9.17) is 27.9 Å². The predicted octanol–water partition coefficient (Wildman–Crippen LogP) is 5.22. The summed E-state index contributed by atoms with van der Waals surface area (Å²) in [5.74, 6) is 0.850. The summed E-state index contributed by atoms with van der Waals surface area (Å²) in [6.45, 7) is 2.03. The highest BCUT2D eigenvalue weighted by molar-refractivity contribution is 6.35. The second-order valence-corrected chi connectivity index (χ2v) is 6.33. The Morgan fingerprint density at radius 3 is 2.72 bits per heavy atom. The summed E-state index contributed by atoms with van der Waals surface area (Å²) in [7, 11) is 0. The lowest BCUT2D eigenvalue weighted by atomic mass is 10.2. The highest BCUT2D eigenvalue weighted by Gasteiger charge is 2.14. The maximum atomic E-state index is 6.18. The van der Waals surface area contributed by atoms with Gasteiger partial charge in [-0.05, 0) is 42.8 Å². The van der Waals surface area contributed by atoms with Gasteiger partial charge in [0.05, 0.1) is 16.9 Å². The van der Waals surface area contributed by atoms with E-state index in [1.807, 2.05) is 31.2 Å². The molecular formula is C18H12Cl2N4O. The molecule has 124 valence electrons. The van der Waals surface area contributed by atoms with E-state index < -0.39 is 0 Å². The fourth-order valence-corrected chi connectivity index (χ4v) is 2.96. The van der Waals surface area contributed by atoms with Crippen molar-refractivity contribution in [3.05, 3.63) is 70.6 Å². The largest absolute Gasteiger partial charge is 0.437 e. The molecule has 0 unspecified atom stereocenters. The van der Waals surface area contributed by atoms with Gasteiger partial charge < -0.3 is 4.74 Å². The number of benzene rings is 2. The van der Waals surface area contributed by atoms with Crippen molar-refractivity contribution in [1.82, 2.24) is 19.7 Å². The van der Waals surface area contributed by atoms with Gasteiger partial charge in [-0.2, -0.15) is 5.10 Å². The van der Waals surface area contributed by atoms with Crippen molar-refractivity contribution in [2.45, 2.75) is 6.92 Å². The molecule has 0 aliphatic rings. The average Bonchev–Trinajstić information content (AvgIpc) is 3.02. The number of aromatic nitrogens is 4. The number of aryl methyl sites for hydroxylation is 1. The van der Waals surface area contributed by atoms with E-state index in [-0.39, 0.29) is 0 Å². The molecule has 0 fully saturated rings. The van der Waals surface area contributed by atoms with Crippen LogP contribution in [-0.2, 0) is 0 Å². The van der Waals surface area contributed by atoms with Crippen LogP contribution in [0, 0.1) is 6.92 Å². The number of hydrogen-bond acceptors (Lipinski definition) is 4. The summed E-state index contributed by atoms with van der Waals surface area (Å²) < 4.78 is 7.61. The second kappa shape index (κ2) is 6.35. The van der Waals surface area contributed by atoms with E-state index >= 15 is 0 Å². The lowest BCUT2D eigenvalue weighted by molar-refractivity contribution is 0.468. The van der Waals surface area contributed by atoms with Crippen LogP contribution in [0.15, 0.2) is 55.0 Å². The third-order valence-corrected chi connectivity index (χ3v) is 4.21. The Morgan fingerprint density at radius 1 is 1.04 bits per heavy atom. The lowest BCUT2D eigenvalue weighted by Gasteiger charge is -2.08. The van der Waals surface area contributed by atoms with Crippen molar-refractivity contribution in [2.24, 2.45) is 0 Å². The van der Waals surface area contributed by atoms with E-state index in [9.17, 15) is 0 Å². The Balaban J connectivity index is 1.79. The Morgan fingerprint density at radius 2 is 1.92 bits per heavy atom.